The molecule has 13 nitrogen and oxygen atoms in total. The van der Waals surface area contributed by atoms with Gasteiger partial charge in [-0.05, 0) is 71.3 Å². The number of aromatic nitrogens is 3. The first-order valence-electron chi connectivity index (χ1n) is 15.9. The lowest BCUT2D eigenvalue weighted by Crippen LogP contribution is -2.62. The zero-order valence-corrected chi connectivity index (χ0v) is 27.9. The second-order valence-corrected chi connectivity index (χ2v) is 15.2. The van der Waals surface area contributed by atoms with E-state index in [1.54, 1.807) is 6.92 Å². The number of benzene rings is 1. The van der Waals surface area contributed by atoms with Crippen molar-refractivity contribution in [3.8, 4) is 11.6 Å². The van der Waals surface area contributed by atoms with Gasteiger partial charge in [0.05, 0.1) is 24.5 Å². The van der Waals surface area contributed by atoms with Gasteiger partial charge in [0.25, 0.3) is 11.8 Å². The van der Waals surface area contributed by atoms with Crippen LogP contribution >= 0.6 is 0 Å². The molecule has 5 rings (SSSR count). The monoisotopic (exact) mass is 703 g/mol. The maximum absolute atomic E-state index is 14.2. The molecule has 18 heteroatoms. The molecule has 4 heterocycles. The number of sulfonamides is 1. The van der Waals surface area contributed by atoms with Crippen LogP contribution in [0.2, 0.25) is 0 Å². The largest absolute Gasteiger partial charge is 0.434 e. The molecule has 1 amide bonds. The Kier molecular flexibility index (Phi) is 10.5. The molecule has 1 aromatic carbocycles. The molecule has 0 unspecified atom stereocenters. The molecular weight excluding hydrogens is 662 g/mol. The molecule has 3 aliphatic heterocycles. The number of nitrogens with one attached hydrogen (secondary N) is 1. The number of nitrogens with zero attached hydrogens (tertiary/aromatic N) is 6. The van der Waals surface area contributed by atoms with Crippen LogP contribution in [0.5, 0.6) is 11.6 Å². The minimum Gasteiger partial charge on any atom is -0.434 e. The summed E-state index contributed by atoms with van der Waals surface area (Å²) in [5.41, 5.74) is -0.427. The lowest BCUT2D eigenvalue weighted by Gasteiger charge is -2.55. The summed E-state index contributed by atoms with van der Waals surface area (Å²) in [6.07, 6.45) is -0.994. The number of alkyl halides is 3. The van der Waals surface area contributed by atoms with E-state index in [9.17, 15) is 35.9 Å². The smallest absolute Gasteiger partial charge is 0.406 e. The Balaban J connectivity index is 1.19. The highest BCUT2D eigenvalue weighted by Crippen LogP contribution is 2.45. The SMILES string of the molecule is CCS(=O)(=O)N[C@@H]1CC[C@](O)(CN2CCC3(CC2)CN(c2ncnnc2Oc2ccc(F)cc2C(=O)N(CC(F)(F)F)C(C)C)C3)OC1. The van der Waals surface area contributed by atoms with E-state index in [0.29, 0.717) is 56.3 Å². The van der Waals surface area contributed by atoms with E-state index in [1.165, 1.54) is 20.2 Å². The average molecular weight is 704 g/mol. The van der Waals surface area contributed by atoms with Crippen LogP contribution in [-0.2, 0) is 14.8 Å². The number of piperidine rings is 1. The Bertz CT molecular complexity index is 1560. The van der Waals surface area contributed by atoms with Crippen LogP contribution in [0.4, 0.5) is 23.4 Å². The molecule has 48 heavy (non-hydrogen) atoms. The predicted molar refractivity (Wildman–Crippen MR) is 165 cm³/mol. The van der Waals surface area contributed by atoms with Crippen LogP contribution in [0.15, 0.2) is 24.5 Å². The Hall–Kier alpha value is -3.19. The van der Waals surface area contributed by atoms with Gasteiger partial charge in [-0.3, -0.25) is 9.69 Å². The second-order valence-electron chi connectivity index (χ2n) is 13.1. The third kappa shape index (κ3) is 8.69. The van der Waals surface area contributed by atoms with Gasteiger partial charge < -0.3 is 24.4 Å². The van der Waals surface area contributed by atoms with Gasteiger partial charge in [-0.15, -0.1) is 10.2 Å². The van der Waals surface area contributed by atoms with Crippen molar-refractivity contribution in [2.75, 3.05) is 56.5 Å². The number of ether oxygens (including phenoxy) is 2. The summed E-state index contributed by atoms with van der Waals surface area (Å²) in [4.78, 5) is 22.2. The number of β-amino-alcohol motifs (C(OH)–C–C–N with tert-alkyl or cyclic N) is 1. The van der Waals surface area contributed by atoms with Crippen LogP contribution in [0.1, 0.15) is 56.8 Å². The normalized spacial score (nSPS) is 23.3. The van der Waals surface area contributed by atoms with Gasteiger partial charge in [0.1, 0.15) is 24.4 Å². The Morgan fingerprint density at radius 2 is 1.94 bits per heavy atom. The topological polar surface area (TPSA) is 150 Å². The molecule has 266 valence electrons. The molecule has 2 aromatic rings. The average Bonchev–Trinajstić information content (AvgIpc) is 3.01. The molecule has 2 atom stereocenters. The lowest BCUT2D eigenvalue weighted by atomic mass is 9.72. The molecule has 0 radical (unpaired) electrons. The van der Waals surface area contributed by atoms with Crippen molar-refractivity contribution in [1.29, 1.82) is 0 Å². The summed E-state index contributed by atoms with van der Waals surface area (Å²) in [5.74, 6) is -3.18. The maximum Gasteiger partial charge on any atom is 0.406 e. The minimum absolute atomic E-state index is 0.0232. The van der Waals surface area contributed by atoms with Gasteiger partial charge in [-0.2, -0.15) is 13.2 Å². The summed E-state index contributed by atoms with van der Waals surface area (Å²) in [6, 6.07) is 1.83. The van der Waals surface area contributed by atoms with Crippen molar-refractivity contribution in [3.63, 3.8) is 0 Å². The molecule has 2 N–H and O–H groups in total. The molecule has 3 saturated heterocycles. The number of amides is 1. The fourth-order valence-corrected chi connectivity index (χ4v) is 7.23. The van der Waals surface area contributed by atoms with Crippen molar-refractivity contribution in [2.45, 2.75) is 70.5 Å². The molecule has 1 aromatic heterocycles. The van der Waals surface area contributed by atoms with Gasteiger partial charge in [0.2, 0.25) is 10.0 Å². The third-order valence-electron chi connectivity index (χ3n) is 9.09. The van der Waals surface area contributed by atoms with E-state index in [2.05, 4.69) is 24.8 Å². The summed E-state index contributed by atoms with van der Waals surface area (Å²) in [7, 11) is -3.36. The van der Waals surface area contributed by atoms with E-state index < -0.39 is 51.9 Å². The number of hydrogen-bond acceptors (Lipinski definition) is 11. The van der Waals surface area contributed by atoms with Crippen molar-refractivity contribution in [2.24, 2.45) is 5.41 Å². The van der Waals surface area contributed by atoms with Gasteiger partial charge >= 0.3 is 6.18 Å². The number of halogens is 4. The first-order chi connectivity index (χ1) is 22.5. The van der Waals surface area contributed by atoms with Crippen LogP contribution < -0.4 is 14.4 Å². The Labute approximate surface area is 276 Å². The van der Waals surface area contributed by atoms with Crippen LogP contribution in [0.25, 0.3) is 0 Å². The van der Waals surface area contributed by atoms with E-state index >= 15 is 0 Å². The van der Waals surface area contributed by atoms with Crippen LogP contribution in [0, 0.1) is 11.2 Å². The molecule has 0 saturated carbocycles. The highest BCUT2D eigenvalue weighted by atomic mass is 32.2. The summed E-state index contributed by atoms with van der Waals surface area (Å²) in [5, 5.41) is 18.8. The summed E-state index contributed by atoms with van der Waals surface area (Å²) in [6.45, 7) is 5.95. The highest BCUT2D eigenvalue weighted by molar-refractivity contribution is 7.89. The standard InChI is InChI=1S/C30H41F4N7O6S/c1-4-48(44,45)38-22-7-8-29(43,46-14-22)17-39-11-9-28(10-12-39)15-40(16-28)25-26(37-36-19-35-25)47-24-6-5-21(31)13-23(24)27(42)41(20(2)3)18-30(32,33)34/h5-6,13,19-20,22,38,43H,4,7-12,14-18H2,1-3H3/t22-,29-/m1/s1. The van der Waals surface area contributed by atoms with Gasteiger partial charge in [0.15, 0.2) is 11.6 Å². The van der Waals surface area contributed by atoms with Gasteiger partial charge in [-0.1, -0.05) is 0 Å². The Morgan fingerprint density at radius 1 is 1.23 bits per heavy atom. The number of hydrogen-bond donors (Lipinski definition) is 2. The Morgan fingerprint density at radius 3 is 2.54 bits per heavy atom. The van der Waals surface area contributed by atoms with Crippen molar-refractivity contribution < 1.29 is 45.4 Å². The summed E-state index contributed by atoms with van der Waals surface area (Å²) < 4.78 is 92.0. The minimum atomic E-state index is -4.66. The molecule has 3 fully saturated rings. The van der Waals surface area contributed by atoms with E-state index in [1.807, 2.05) is 4.90 Å². The number of likely N-dealkylation sites (tertiary alicyclic amines) is 1. The molecule has 1 spiro atoms. The number of aliphatic hydroxyl groups is 1. The predicted octanol–water partition coefficient (Wildman–Crippen LogP) is 2.92. The van der Waals surface area contributed by atoms with Crippen LogP contribution in [-0.4, -0.2) is 120 Å². The number of carbonyl (C=O) groups excluding carboxylic acids is 1. The first kappa shape index (κ1) is 36.1. The molecular formula is C30H41F4N7O6S. The number of rotatable bonds is 11. The summed E-state index contributed by atoms with van der Waals surface area (Å²) >= 11 is 0. The highest BCUT2D eigenvalue weighted by Gasteiger charge is 2.48. The molecule has 0 bridgehead atoms. The zero-order chi connectivity index (χ0) is 34.9. The first-order valence-corrected chi connectivity index (χ1v) is 17.5. The van der Waals surface area contributed by atoms with Crippen molar-refractivity contribution in [3.05, 3.63) is 35.9 Å². The zero-order valence-electron chi connectivity index (χ0n) is 27.0. The third-order valence-corrected chi connectivity index (χ3v) is 10.5. The molecule has 3 aliphatic rings. The van der Waals surface area contributed by atoms with Gasteiger partial charge in [-0.25, -0.2) is 22.5 Å². The van der Waals surface area contributed by atoms with E-state index in [4.69, 9.17) is 9.47 Å². The second kappa shape index (κ2) is 14.0. The molecule has 0 aliphatic carbocycles. The van der Waals surface area contributed by atoms with E-state index in [-0.39, 0.29) is 35.4 Å². The number of anilines is 1. The quantitative estimate of drug-likeness (QED) is 0.333. The van der Waals surface area contributed by atoms with Crippen molar-refractivity contribution in [1.82, 2.24) is 29.7 Å². The fraction of sp³-hybridized carbons (Fsp3) is 0.667. The van der Waals surface area contributed by atoms with Crippen molar-refractivity contribution >= 4 is 21.7 Å². The number of carbonyl (C=O) groups is 1. The van der Waals surface area contributed by atoms with Gasteiger partial charge in [0, 0.05) is 37.0 Å². The van der Waals surface area contributed by atoms with Crippen LogP contribution in [0.3, 0.4) is 0 Å². The lowest BCUT2D eigenvalue weighted by molar-refractivity contribution is -0.239. The maximum atomic E-state index is 14.2. The fourth-order valence-electron chi connectivity index (χ4n) is 6.37. The van der Waals surface area contributed by atoms with E-state index in [0.717, 1.165) is 31.0 Å².